The van der Waals surface area contributed by atoms with Gasteiger partial charge in [0.1, 0.15) is 0 Å². The molecule has 0 radical (unpaired) electrons. The highest BCUT2D eigenvalue weighted by atomic mass is 16.2. The molecule has 0 bridgehead atoms. The van der Waals surface area contributed by atoms with Crippen LogP contribution in [0.2, 0.25) is 0 Å². The van der Waals surface area contributed by atoms with Gasteiger partial charge in [-0.15, -0.1) is 0 Å². The molecular formula is C14H27N3O. The largest absolute Gasteiger partial charge is 0.338 e. The zero-order valence-corrected chi connectivity index (χ0v) is 11.8. The molecule has 1 unspecified atom stereocenters. The minimum atomic E-state index is 0.267. The maximum absolute atomic E-state index is 12.7. The van der Waals surface area contributed by atoms with E-state index in [0.29, 0.717) is 11.9 Å². The van der Waals surface area contributed by atoms with Crippen LogP contribution in [0.25, 0.3) is 0 Å². The summed E-state index contributed by atoms with van der Waals surface area (Å²) in [6.45, 7) is 7.31. The number of nitrogens with one attached hydrogen (secondary N) is 1. The van der Waals surface area contributed by atoms with Gasteiger partial charge in [0.25, 0.3) is 0 Å². The van der Waals surface area contributed by atoms with Crippen LogP contribution in [0.3, 0.4) is 0 Å². The minimum absolute atomic E-state index is 0.267. The number of rotatable bonds is 2. The Bertz CT molecular complexity index is 276. The van der Waals surface area contributed by atoms with Crippen LogP contribution in [-0.2, 0) is 4.79 Å². The Morgan fingerprint density at radius 3 is 2.67 bits per heavy atom. The van der Waals surface area contributed by atoms with E-state index in [2.05, 4.69) is 29.1 Å². The number of nitrogens with zero attached hydrogens (tertiary/aromatic N) is 2. The molecule has 0 spiro atoms. The molecule has 0 aromatic heterocycles. The fraction of sp³-hybridized carbons (Fsp3) is 0.929. The summed E-state index contributed by atoms with van der Waals surface area (Å²) in [4.78, 5) is 17.2. The fourth-order valence-electron chi connectivity index (χ4n) is 3.19. The lowest BCUT2D eigenvalue weighted by atomic mass is 9.95. The Morgan fingerprint density at radius 2 is 2.00 bits per heavy atom. The lowest BCUT2D eigenvalue weighted by molar-refractivity contribution is -0.138. The van der Waals surface area contributed by atoms with E-state index in [1.54, 1.807) is 0 Å². The minimum Gasteiger partial charge on any atom is -0.338 e. The van der Waals surface area contributed by atoms with Gasteiger partial charge < -0.3 is 15.1 Å². The van der Waals surface area contributed by atoms with E-state index in [-0.39, 0.29) is 5.92 Å². The molecule has 1 atom stereocenters. The van der Waals surface area contributed by atoms with Crippen molar-refractivity contribution in [3.63, 3.8) is 0 Å². The lowest BCUT2D eigenvalue weighted by Crippen LogP contribution is -2.48. The van der Waals surface area contributed by atoms with Crippen molar-refractivity contribution in [1.82, 2.24) is 15.1 Å². The average Bonchev–Trinajstić information content (AvgIpc) is 2.60. The van der Waals surface area contributed by atoms with Gasteiger partial charge in [-0.3, -0.25) is 4.79 Å². The number of amides is 1. The molecule has 1 amide bonds. The monoisotopic (exact) mass is 253 g/mol. The molecule has 0 aliphatic carbocycles. The first-order valence-electron chi connectivity index (χ1n) is 7.42. The van der Waals surface area contributed by atoms with Crippen LogP contribution in [0, 0.1) is 5.92 Å². The molecule has 4 nitrogen and oxygen atoms in total. The SMILES string of the molecule is CCC1CN(C)CCCN1C(=O)C1CCNCC1. The first kappa shape index (κ1) is 13.8. The summed E-state index contributed by atoms with van der Waals surface area (Å²) in [5.41, 5.74) is 0. The van der Waals surface area contributed by atoms with Crippen LogP contribution < -0.4 is 5.32 Å². The summed E-state index contributed by atoms with van der Waals surface area (Å²) in [5, 5.41) is 3.34. The molecule has 1 N–H and O–H groups in total. The van der Waals surface area contributed by atoms with Gasteiger partial charge in [-0.2, -0.15) is 0 Å². The standard InChI is InChI=1S/C14H27N3O/c1-3-13-11-16(2)9-4-10-17(13)14(18)12-5-7-15-8-6-12/h12-13,15H,3-11H2,1-2H3. The van der Waals surface area contributed by atoms with Crippen molar-refractivity contribution in [1.29, 1.82) is 0 Å². The first-order chi connectivity index (χ1) is 8.72. The van der Waals surface area contributed by atoms with Gasteiger partial charge in [-0.1, -0.05) is 6.92 Å². The molecule has 2 fully saturated rings. The normalized spacial score (nSPS) is 28.1. The molecule has 0 aromatic carbocycles. The molecule has 0 aromatic rings. The molecule has 2 heterocycles. The highest BCUT2D eigenvalue weighted by Crippen LogP contribution is 2.20. The second-order valence-corrected chi connectivity index (χ2v) is 5.73. The van der Waals surface area contributed by atoms with Crippen molar-refractivity contribution in [3.05, 3.63) is 0 Å². The lowest BCUT2D eigenvalue weighted by Gasteiger charge is -2.34. The summed E-state index contributed by atoms with van der Waals surface area (Å²) >= 11 is 0. The summed E-state index contributed by atoms with van der Waals surface area (Å²) in [6, 6.07) is 0.417. The molecule has 2 saturated heterocycles. The summed E-state index contributed by atoms with van der Waals surface area (Å²) in [6.07, 6.45) is 4.22. The Labute approximate surface area is 111 Å². The van der Waals surface area contributed by atoms with Gasteiger partial charge in [0.2, 0.25) is 5.91 Å². The predicted molar refractivity (Wildman–Crippen MR) is 73.5 cm³/mol. The van der Waals surface area contributed by atoms with Gasteiger partial charge in [0, 0.05) is 25.0 Å². The van der Waals surface area contributed by atoms with Crippen molar-refractivity contribution in [3.8, 4) is 0 Å². The quantitative estimate of drug-likeness (QED) is 0.795. The molecule has 104 valence electrons. The average molecular weight is 253 g/mol. The Morgan fingerprint density at radius 1 is 1.28 bits per heavy atom. The molecule has 0 saturated carbocycles. The van der Waals surface area contributed by atoms with Crippen LogP contribution in [0.1, 0.15) is 32.6 Å². The molecule has 2 aliphatic rings. The summed E-state index contributed by atoms with van der Waals surface area (Å²) in [7, 11) is 2.17. The van der Waals surface area contributed by atoms with Crippen LogP contribution in [-0.4, -0.2) is 61.5 Å². The highest BCUT2D eigenvalue weighted by Gasteiger charge is 2.31. The molecular weight excluding hydrogens is 226 g/mol. The van der Waals surface area contributed by atoms with E-state index >= 15 is 0 Å². The zero-order valence-electron chi connectivity index (χ0n) is 11.8. The Balaban J connectivity index is 2.01. The van der Waals surface area contributed by atoms with Crippen molar-refractivity contribution in [2.45, 2.75) is 38.6 Å². The zero-order chi connectivity index (χ0) is 13.0. The van der Waals surface area contributed by atoms with Crippen LogP contribution in [0.5, 0.6) is 0 Å². The maximum atomic E-state index is 12.7. The van der Waals surface area contributed by atoms with Gasteiger partial charge in [-0.05, 0) is 52.4 Å². The van der Waals surface area contributed by atoms with E-state index in [1.165, 1.54) is 0 Å². The van der Waals surface area contributed by atoms with E-state index in [1.807, 2.05) is 0 Å². The van der Waals surface area contributed by atoms with E-state index < -0.39 is 0 Å². The molecule has 2 rings (SSSR count). The van der Waals surface area contributed by atoms with E-state index in [9.17, 15) is 4.79 Å². The van der Waals surface area contributed by atoms with Crippen LogP contribution in [0.15, 0.2) is 0 Å². The smallest absolute Gasteiger partial charge is 0.226 e. The fourth-order valence-corrected chi connectivity index (χ4v) is 3.19. The van der Waals surface area contributed by atoms with E-state index in [4.69, 9.17) is 0 Å². The van der Waals surface area contributed by atoms with Gasteiger partial charge in [0.15, 0.2) is 0 Å². The Kier molecular flexibility index (Phi) is 5.01. The Hall–Kier alpha value is -0.610. The second kappa shape index (κ2) is 6.53. The number of hydrogen-bond acceptors (Lipinski definition) is 3. The number of hydrogen-bond donors (Lipinski definition) is 1. The van der Waals surface area contributed by atoms with Crippen LogP contribution >= 0.6 is 0 Å². The third-order valence-electron chi connectivity index (χ3n) is 4.34. The number of carbonyl (C=O) groups is 1. The molecule has 2 aliphatic heterocycles. The topological polar surface area (TPSA) is 35.6 Å². The van der Waals surface area contributed by atoms with Crippen LogP contribution in [0.4, 0.5) is 0 Å². The molecule has 4 heteroatoms. The van der Waals surface area contributed by atoms with Crippen molar-refractivity contribution < 1.29 is 4.79 Å². The van der Waals surface area contributed by atoms with Gasteiger partial charge in [-0.25, -0.2) is 0 Å². The third kappa shape index (κ3) is 3.23. The first-order valence-corrected chi connectivity index (χ1v) is 7.42. The highest BCUT2D eigenvalue weighted by molar-refractivity contribution is 5.79. The molecule has 18 heavy (non-hydrogen) atoms. The van der Waals surface area contributed by atoms with E-state index in [0.717, 1.165) is 58.4 Å². The van der Waals surface area contributed by atoms with Gasteiger partial charge in [0.05, 0.1) is 0 Å². The van der Waals surface area contributed by atoms with Gasteiger partial charge >= 0.3 is 0 Å². The summed E-state index contributed by atoms with van der Waals surface area (Å²) < 4.78 is 0. The number of likely N-dealkylation sites (N-methyl/N-ethyl adjacent to an activating group) is 1. The number of piperidine rings is 1. The number of carbonyl (C=O) groups excluding carboxylic acids is 1. The van der Waals surface area contributed by atoms with Crippen molar-refractivity contribution in [2.24, 2.45) is 5.92 Å². The predicted octanol–water partition coefficient (Wildman–Crippen LogP) is 0.929. The van der Waals surface area contributed by atoms with Crippen molar-refractivity contribution in [2.75, 3.05) is 39.8 Å². The maximum Gasteiger partial charge on any atom is 0.226 e. The summed E-state index contributed by atoms with van der Waals surface area (Å²) in [5.74, 6) is 0.683. The van der Waals surface area contributed by atoms with Crippen molar-refractivity contribution >= 4 is 5.91 Å². The third-order valence-corrected chi connectivity index (χ3v) is 4.34. The second-order valence-electron chi connectivity index (χ2n) is 5.73.